The number of hydrogen-bond acceptors (Lipinski definition) is 2. The van der Waals surface area contributed by atoms with Gasteiger partial charge >= 0.3 is 0 Å². The zero-order valence-electron chi connectivity index (χ0n) is 10.5. The van der Waals surface area contributed by atoms with Crippen LogP contribution in [-0.2, 0) is 0 Å². The zero-order valence-corrected chi connectivity index (χ0v) is 10.5. The van der Waals surface area contributed by atoms with Crippen LogP contribution in [0.25, 0.3) is 0 Å². The third-order valence-corrected chi connectivity index (χ3v) is 3.41. The third kappa shape index (κ3) is 3.58. The average Bonchev–Trinajstić information content (AvgIpc) is 2.22. The molecule has 14 heavy (non-hydrogen) atoms. The lowest BCUT2D eigenvalue weighted by molar-refractivity contribution is 0.108. The molecule has 2 nitrogen and oxygen atoms in total. The molecule has 0 aliphatic heterocycles. The number of hydrogen-bond donors (Lipinski definition) is 1. The molecule has 0 rings (SSSR count). The number of nitrogens with two attached hydrogens (primary N) is 1. The summed E-state index contributed by atoms with van der Waals surface area (Å²) in [5.74, 6) is 0. The van der Waals surface area contributed by atoms with Crippen LogP contribution in [0, 0.1) is 0 Å². The Bertz CT molecular complexity index is 130. The molecule has 0 aromatic carbocycles. The highest BCUT2D eigenvalue weighted by Gasteiger charge is 2.29. The quantitative estimate of drug-likeness (QED) is 0.652. The Morgan fingerprint density at radius 1 is 1.14 bits per heavy atom. The summed E-state index contributed by atoms with van der Waals surface area (Å²) in [7, 11) is 2.22. The van der Waals surface area contributed by atoms with Gasteiger partial charge in [0.2, 0.25) is 0 Å². The van der Waals surface area contributed by atoms with Crippen molar-refractivity contribution in [2.24, 2.45) is 5.73 Å². The highest BCUT2D eigenvalue weighted by atomic mass is 15.2. The van der Waals surface area contributed by atoms with E-state index in [0.717, 1.165) is 13.0 Å². The maximum absolute atomic E-state index is 5.94. The lowest BCUT2D eigenvalue weighted by atomic mass is 9.89. The van der Waals surface area contributed by atoms with Crippen molar-refractivity contribution in [1.29, 1.82) is 0 Å². The Morgan fingerprint density at radius 3 is 2.14 bits per heavy atom. The smallest absolute Gasteiger partial charge is 0.0325 e. The monoisotopic (exact) mass is 200 g/mol. The molecule has 0 aromatic heterocycles. The minimum absolute atomic E-state index is 0.254. The van der Waals surface area contributed by atoms with Crippen LogP contribution in [0.5, 0.6) is 0 Å². The van der Waals surface area contributed by atoms with Gasteiger partial charge in [-0.15, -0.1) is 0 Å². The van der Waals surface area contributed by atoms with E-state index in [4.69, 9.17) is 5.73 Å². The van der Waals surface area contributed by atoms with Crippen LogP contribution in [0.15, 0.2) is 0 Å². The Kier molecular flexibility index (Phi) is 7.20. The van der Waals surface area contributed by atoms with Crippen LogP contribution in [0.4, 0.5) is 0 Å². The summed E-state index contributed by atoms with van der Waals surface area (Å²) in [6, 6.07) is 0. The van der Waals surface area contributed by atoms with Gasteiger partial charge in [0.15, 0.2) is 0 Å². The molecule has 2 heteroatoms. The van der Waals surface area contributed by atoms with E-state index in [1.807, 2.05) is 0 Å². The molecule has 0 fully saturated rings. The van der Waals surface area contributed by atoms with Gasteiger partial charge < -0.3 is 5.73 Å². The van der Waals surface area contributed by atoms with Crippen molar-refractivity contribution in [1.82, 2.24) is 4.90 Å². The predicted molar refractivity (Wildman–Crippen MR) is 64.5 cm³/mol. The van der Waals surface area contributed by atoms with Crippen molar-refractivity contribution >= 4 is 0 Å². The van der Waals surface area contributed by atoms with Gasteiger partial charge in [0.1, 0.15) is 0 Å². The van der Waals surface area contributed by atoms with E-state index >= 15 is 0 Å². The molecule has 0 aromatic rings. The molecule has 0 spiro atoms. The van der Waals surface area contributed by atoms with E-state index < -0.39 is 0 Å². The molecule has 1 unspecified atom stereocenters. The van der Waals surface area contributed by atoms with Crippen LogP contribution in [-0.4, -0.2) is 30.6 Å². The minimum atomic E-state index is 0.254. The summed E-state index contributed by atoms with van der Waals surface area (Å²) in [5, 5.41) is 0. The van der Waals surface area contributed by atoms with Crippen molar-refractivity contribution in [3.8, 4) is 0 Å². The summed E-state index contributed by atoms with van der Waals surface area (Å²) in [4.78, 5) is 2.47. The number of likely N-dealkylation sites (N-methyl/N-ethyl adjacent to an activating group) is 1. The fraction of sp³-hybridized carbons (Fsp3) is 1.00. The van der Waals surface area contributed by atoms with Gasteiger partial charge in [0.25, 0.3) is 0 Å². The van der Waals surface area contributed by atoms with E-state index in [-0.39, 0.29) is 5.54 Å². The lowest BCUT2D eigenvalue weighted by Gasteiger charge is -2.40. The Hall–Kier alpha value is -0.0800. The molecule has 0 aliphatic carbocycles. The van der Waals surface area contributed by atoms with Crippen LogP contribution in [0.3, 0.4) is 0 Å². The van der Waals surface area contributed by atoms with Crippen molar-refractivity contribution in [3.63, 3.8) is 0 Å². The van der Waals surface area contributed by atoms with Crippen LogP contribution in [0.2, 0.25) is 0 Å². The van der Waals surface area contributed by atoms with Gasteiger partial charge in [0.05, 0.1) is 0 Å². The Balaban J connectivity index is 4.28. The second kappa shape index (κ2) is 7.24. The molecule has 2 N–H and O–H groups in total. The van der Waals surface area contributed by atoms with Gasteiger partial charge in [-0.05, 0) is 32.9 Å². The van der Waals surface area contributed by atoms with Crippen LogP contribution < -0.4 is 5.73 Å². The molecule has 86 valence electrons. The van der Waals surface area contributed by atoms with Crippen molar-refractivity contribution in [2.75, 3.05) is 20.1 Å². The van der Waals surface area contributed by atoms with Crippen LogP contribution in [0.1, 0.15) is 52.9 Å². The van der Waals surface area contributed by atoms with E-state index in [1.54, 1.807) is 0 Å². The van der Waals surface area contributed by atoms with Crippen molar-refractivity contribution in [3.05, 3.63) is 0 Å². The molecule has 0 saturated heterocycles. The molecular formula is C12H28N2. The number of unbranched alkanes of at least 4 members (excludes halogenated alkanes) is 1. The summed E-state index contributed by atoms with van der Waals surface area (Å²) < 4.78 is 0. The molecule has 0 saturated carbocycles. The predicted octanol–water partition coefficient (Wildman–Crippen LogP) is 2.63. The first-order chi connectivity index (χ1) is 6.66. The first kappa shape index (κ1) is 13.9. The first-order valence-corrected chi connectivity index (χ1v) is 6.08. The standard InChI is InChI=1S/C12H28N2/c1-5-8-10-14(4)12(7-3,11-13)9-6-2/h5-11,13H2,1-4H3. The maximum Gasteiger partial charge on any atom is 0.0325 e. The molecule has 0 radical (unpaired) electrons. The van der Waals surface area contributed by atoms with Gasteiger partial charge in [0, 0.05) is 12.1 Å². The normalized spacial score (nSPS) is 15.9. The van der Waals surface area contributed by atoms with Gasteiger partial charge in [-0.3, -0.25) is 4.90 Å². The summed E-state index contributed by atoms with van der Waals surface area (Å²) in [5.41, 5.74) is 6.19. The van der Waals surface area contributed by atoms with Gasteiger partial charge in [-0.1, -0.05) is 33.6 Å². The summed E-state index contributed by atoms with van der Waals surface area (Å²) in [6.45, 7) is 8.71. The van der Waals surface area contributed by atoms with Gasteiger partial charge in [-0.2, -0.15) is 0 Å². The Labute approximate surface area is 89.9 Å². The number of nitrogens with zero attached hydrogens (tertiary/aromatic N) is 1. The van der Waals surface area contributed by atoms with E-state index in [9.17, 15) is 0 Å². The van der Waals surface area contributed by atoms with Crippen LogP contribution >= 0.6 is 0 Å². The van der Waals surface area contributed by atoms with E-state index in [1.165, 1.54) is 32.2 Å². The molecule has 0 bridgehead atoms. The largest absolute Gasteiger partial charge is 0.329 e. The van der Waals surface area contributed by atoms with Crippen molar-refractivity contribution < 1.29 is 0 Å². The maximum atomic E-state index is 5.94. The highest BCUT2D eigenvalue weighted by Crippen LogP contribution is 2.23. The molecule has 1 atom stereocenters. The molecular weight excluding hydrogens is 172 g/mol. The Morgan fingerprint density at radius 2 is 1.79 bits per heavy atom. The fourth-order valence-electron chi connectivity index (χ4n) is 2.14. The summed E-state index contributed by atoms with van der Waals surface area (Å²) in [6.07, 6.45) is 6.15. The van der Waals surface area contributed by atoms with E-state index in [2.05, 4.69) is 32.7 Å². The second-order valence-electron chi connectivity index (χ2n) is 4.31. The average molecular weight is 200 g/mol. The molecule has 0 amide bonds. The topological polar surface area (TPSA) is 29.3 Å². The fourth-order valence-corrected chi connectivity index (χ4v) is 2.14. The number of rotatable bonds is 8. The SMILES string of the molecule is CCCCN(C)C(CC)(CN)CCC. The van der Waals surface area contributed by atoms with Crippen molar-refractivity contribution in [2.45, 2.75) is 58.4 Å². The highest BCUT2D eigenvalue weighted by molar-refractivity contribution is 4.88. The summed E-state index contributed by atoms with van der Waals surface area (Å²) >= 11 is 0. The minimum Gasteiger partial charge on any atom is -0.329 e. The second-order valence-corrected chi connectivity index (χ2v) is 4.31. The third-order valence-electron chi connectivity index (χ3n) is 3.41. The molecule has 0 heterocycles. The van der Waals surface area contributed by atoms with E-state index in [0.29, 0.717) is 0 Å². The molecule has 0 aliphatic rings. The first-order valence-electron chi connectivity index (χ1n) is 6.08. The zero-order chi connectivity index (χ0) is 11.0. The lowest BCUT2D eigenvalue weighted by Crippen LogP contribution is -2.51. The van der Waals surface area contributed by atoms with Gasteiger partial charge in [-0.25, -0.2) is 0 Å².